The van der Waals surface area contributed by atoms with Crippen molar-refractivity contribution < 1.29 is 4.79 Å². The molecule has 2 unspecified atom stereocenters. The zero-order chi connectivity index (χ0) is 10.7. The molecule has 0 N–H and O–H groups in total. The summed E-state index contributed by atoms with van der Waals surface area (Å²) in [4.78, 5) is 14.5. The number of Topliss-reactive ketones (excluding diaryl/α,β-unsaturated/α-hetero) is 1. The summed E-state index contributed by atoms with van der Waals surface area (Å²) in [7, 11) is 0. The van der Waals surface area contributed by atoms with Gasteiger partial charge in [0.05, 0.1) is 0 Å². The van der Waals surface area contributed by atoms with Crippen molar-refractivity contribution in [1.82, 2.24) is 4.90 Å². The molecular weight excluding hydrogens is 198 g/mol. The van der Waals surface area contributed by atoms with Gasteiger partial charge in [0.15, 0.2) is 0 Å². The van der Waals surface area contributed by atoms with Crippen molar-refractivity contribution >= 4 is 5.78 Å². The van der Waals surface area contributed by atoms with Crippen LogP contribution in [0.3, 0.4) is 0 Å². The van der Waals surface area contributed by atoms with E-state index in [1.807, 2.05) is 0 Å². The largest absolute Gasteiger partial charge is 0.300 e. The number of nitrogens with zero attached hydrogens (tertiary/aromatic N) is 1. The van der Waals surface area contributed by atoms with Crippen LogP contribution in [-0.2, 0) is 4.79 Å². The molecule has 2 bridgehead atoms. The summed E-state index contributed by atoms with van der Waals surface area (Å²) in [5, 5.41) is 0. The molecule has 2 aliphatic heterocycles. The second kappa shape index (κ2) is 3.32. The first-order valence-electron chi connectivity index (χ1n) is 7.12. The number of piperidine rings is 1. The summed E-state index contributed by atoms with van der Waals surface area (Å²) < 4.78 is 0. The van der Waals surface area contributed by atoms with E-state index in [9.17, 15) is 4.79 Å². The number of fused-ring (bicyclic) bond motifs is 2. The van der Waals surface area contributed by atoms with Crippen LogP contribution in [-0.4, -0.2) is 28.8 Å². The minimum absolute atomic E-state index is 0.536. The molecule has 2 heteroatoms. The minimum atomic E-state index is 0.536. The number of carbonyl (C=O) groups excluding carboxylic acids is 1. The van der Waals surface area contributed by atoms with E-state index in [0.29, 0.717) is 17.9 Å². The van der Waals surface area contributed by atoms with Crippen LogP contribution in [0.1, 0.15) is 51.4 Å². The zero-order valence-corrected chi connectivity index (χ0v) is 9.90. The lowest BCUT2D eigenvalue weighted by molar-refractivity contribution is -0.124. The third-order valence-corrected chi connectivity index (χ3v) is 5.16. The molecule has 2 nitrogen and oxygen atoms in total. The SMILES string of the molecule is O=C1CC2CCC(C1)N2C(C1CC1)C1CC1. The molecule has 2 aliphatic carbocycles. The average molecular weight is 219 g/mol. The van der Waals surface area contributed by atoms with Gasteiger partial charge in [-0.2, -0.15) is 0 Å². The Kier molecular flexibility index (Phi) is 2.00. The summed E-state index contributed by atoms with van der Waals surface area (Å²) >= 11 is 0. The molecule has 2 atom stereocenters. The third kappa shape index (κ3) is 1.46. The standard InChI is InChI=1S/C14H21NO/c16-13-7-11-5-6-12(8-13)15(11)14(9-1-2-9)10-3-4-10/h9-12,14H,1-8H2. The molecule has 0 aromatic heterocycles. The quantitative estimate of drug-likeness (QED) is 0.726. The Hall–Kier alpha value is -0.370. The maximum absolute atomic E-state index is 11.6. The van der Waals surface area contributed by atoms with Gasteiger partial charge in [0.25, 0.3) is 0 Å². The predicted molar refractivity (Wildman–Crippen MR) is 62.1 cm³/mol. The fourth-order valence-electron chi connectivity index (χ4n) is 4.24. The van der Waals surface area contributed by atoms with E-state index >= 15 is 0 Å². The summed E-state index contributed by atoms with van der Waals surface area (Å²) in [6.45, 7) is 0. The molecule has 4 aliphatic rings. The van der Waals surface area contributed by atoms with E-state index in [-0.39, 0.29) is 0 Å². The van der Waals surface area contributed by atoms with Crippen LogP contribution in [0.2, 0.25) is 0 Å². The topological polar surface area (TPSA) is 20.3 Å². The maximum Gasteiger partial charge on any atom is 0.136 e. The van der Waals surface area contributed by atoms with Crippen molar-refractivity contribution in [2.24, 2.45) is 11.8 Å². The first-order valence-corrected chi connectivity index (χ1v) is 7.12. The van der Waals surface area contributed by atoms with Crippen LogP contribution in [0.15, 0.2) is 0 Å². The van der Waals surface area contributed by atoms with Gasteiger partial charge in [-0.3, -0.25) is 9.69 Å². The third-order valence-electron chi connectivity index (χ3n) is 5.16. The Morgan fingerprint density at radius 2 is 1.38 bits per heavy atom. The molecule has 0 aromatic carbocycles. The van der Waals surface area contributed by atoms with Crippen molar-refractivity contribution in [2.75, 3.05) is 0 Å². The Balaban J connectivity index is 1.59. The van der Waals surface area contributed by atoms with Gasteiger partial charge in [-0.15, -0.1) is 0 Å². The molecule has 0 amide bonds. The predicted octanol–water partition coefficient (Wildman–Crippen LogP) is 2.37. The lowest BCUT2D eigenvalue weighted by Gasteiger charge is -2.41. The van der Waals surface area contributed by atoms with Crippen molar-refractivity contribution in [3.63, 3.8) is 0 Å². The zero-order valence-electron chi connectivity index (χ0n) is 9.90. The molecule has 2 saturated heterocycles. The van der Waals surface area contributed by atoms with Crippen molar-refractivity contribution in [1.29, 1.82) is 0 Å². The molecule has 0 spiro atoms. The Morgan fingerprint density at radius 1 is 0.875 bits per heavy atom. The highest BCUT2D eigenvalue weighted by Gasteiger charge is 2.52. The normalized spacial score (nSPS) is 39.7. The number of hydrogen-bond donors (Lipinski definition) is 0. The van der Waals surface area contributed by atoms with E-state index < -0.39 is 0 Å². The van der Waals surface area contributed by atoms with Gasteiger partial charge in [0.1, 0.15) is 5.78 Å². The molecule has 2 saturated carbocycles. The highest BCUT2D eigenvalue weighted by atomic mass is 16.1. The van der Waals surface area contributed by atoms with Gasteiger partial charge in [-0.05, 0) is 50.4 Å². The van der Waals surface area contributed by atoms with E-state index in [1.54, 1.807) is 0 Å². The van der Waals surface area contributed by atoms with Crippen molar-refractivity contribution in [2.45, 2.75) is 69.5 Å². The lowest BCUT2D eigenvalue weighted by atomic mass is 9.95. The average Bonchev–Trinajstić information content (AvgIpc) is 3.13. The molecule has 0 radical (unpaired) electrons. The summed E-state index contributed by atoms with van der Waals surface area (Å²) in [6, 6.07) is 2.15. The second-order valence-electron chi connectivity index (χ2n) is 6.44. The van der Waals surface area contributed by atoms with Gasteiger partial charge < -0.3 is 0 Å². The Morgan fingerprint density at radius 3 is 1.81 bits per heavy atom. The molecule has 4 rings (SSSR count). The highest BCUT2D eigenvalue weighted by Crippen LogP contribution is 2.51. The van der Waals surface area contributed by atoms with Crippen molar-refractivity contribution in [3.8, 4) is 0 Å². The first kappa shape index (κ1) is 9.64. The smallest absolute Gasteiger partial charge is 0.136 e. The lowest BCUT2D eigenvalue weighted by Crippen LogP contribution is -2.50. The number of hydrogen-bond acceptors (Lipinski definition) is 2. The molecule has 16 heavy (non-hydrogen) atoms. The van der Waals surface area contributed by atoms with Gasteiger partial charge in [0.2, 0.25) is 0 Å². The number of rotatable bonds is 3. The Labute approximate surface area is 97.4 Å². The van der Waals surface area contributed by atoms with E-state index in [1.165, 1.54) is 38.5 Å². The van der Waals surface area contributed by atoms with E-state index in [4.69, 9.17) is 0 Å². The molecule has 2 heterocycles. The van der Waals surface area contributed by atoms with Crippen LogP contribution < -0.4 is 0 Å². The van der Waals surface area contributed by atoms with Gasteiger partial charge in [-0.1, -0.05) is 0 Å². The van der Waals surface area contributed by atoms with Crippen LogP contribution in [0.4, 0.5) is 0 Å². The van der Waals surface area contributed by atoms with Crippen LogP contribution >= 0.6 is 0 Å². The molecule has 0 aromatic rings. The molecule has 88 valence electrons. The van der Waals surface area contributed by atoms with Crippen LogP contribution in [0.5, 0.6) is 0 Å². The van der Waals surface area contributed by atoms with Crippen LogP contribution in [0, 0.1) is 11.8 Å². The Bertz CT molecular complexity index is 291. The van der Waals surface area contributed by atoms with Gasteiger partial charge in [-0.25, -0.2) is 0 Å². The minimum Gasteiger partial charge on any atom is -0.300 e. The van der Waals surface area contributed by atoms with E-state index in [0.717, 1.165) is 30.7 Å². The van der Waals surface area contributed by atoms with Crippen LogP contribution in [0.25, 0.3) is 0 Å². The van der Waals surface area contributed by atoms with Crippen molar-refractivity contribution in [3.05, 3.63) is 0 Å². The molecular formula is C14H21NO. The number of carbonyl (C=O) groups is 1. The maximum atomic E-state index is 11.6. The van der Waals surface area contributed by atoms with Gasteiger partial charge in [0, 0.05) is 31.0 Å². The monoisotopic (exact) mass is 219 g/mol. The number of ketones is 1. The summed E-state index contributed by atoms with van der Waals surface area (Å²) in [5.74, 6) is 2.54. The summed E-state index contributed by atoms with van der Waals surface area (Å²) in [5.41, 5.74) is 0. The fourth-order valence-corrected chi connectivity index (χ4v) is 4.24. The summed E-state index contributed by atoms with van der Waals surface area (Å²) in [6.07, 6.45) is 10.2. The fraction of sp³-hybridized carbons (Fsp3) is 0.929. The molecule has 4 fully saturated rings. The van der Waals surface area contributed by atoms with E-state index in [2.05, 4.69) is 4.90 Å². The first-order chi connectivity index (χ1) is 7.83. The van der Waals surface area contributed by atoms with Gasteiger partial charge >= 0.3 is 0 Å². The second-order valence-corrected chi connectivity index (χ2v) is 6.44. The highest BCUT2D eigenvalue weighted by molar-refractivity contribution is 5.81.